The van der Waals surface area contributed by atoms with Crippen LogP contribution in [0, 0.1) is 5.95 Å². The Morgan fingerprint density at radius 2 is 2.25 bits per heavy atom. The molecule has 0 aliphatic rings. The van der Waals surface area contributed by atoms with Crippen LogP contribution in [0.2, 0.25) is 0 Å². The van der Waals surface area contributed by atoms with E-state index in [1.807, 2.05) is 0 Å². The first-order chi connectivity index (χ1) is 7.58. The summed E-state index contributed by atoms with van der Waals surface area (Å²) in [6, 6.07) is 3.00. The zero-order chi connectivity index (χ0) is 11.7. The summed E-state index contributed by atoms with van der Waals surface area (Å²) in [6.07, 6.45) is 1.35. The van der Waals surface area contributed by atoms with Crippen LogP contribution >= 0.6 is 27.3 Å². The molecule has 0 spiro atoms. The largest absolute Gasteiger partial charge is 0.477 e. The summed E-state index contributed by atoms with van der Waals surface area (Å²) in [5.74, 6) is -1.63. The number of aromatic carboxylic acids is 1. The fourth-order valence-electron chi connectivity index (χ4n) is 1.21. The molecule has 6 heteroatoms. The van der Waals surface area contributed by atoms with Crippen molar-refractivity contribution in [3.8, 4) is 11.1 Å². The van der Waals surface area contributed by atoms with Gasteiger partial charge in [-0.15, -0.1) is 11.3 Å². The number of nitrogens with zero attached hydrogens (tertiary/aromatic N) is 1. The molecule has 0 saturated carbocycles. The van der Waals surface area contributed by atoms with Gasteiger partial charge in [0.1, 0.15) is 4.88 Å². The lowest BCUT2D eigenvalue weighted by Gasteiger charge is -1.99. The zero-order valence-electron chi connectivity index (χ0n) is 7.78. The lowest BCUT2D eigenvalue weighted by molar-refractivity contribution is 0.0702. The van der Waals surface area contributed by atoms with Gasteiger partial charge >= 0.3 is 5.97 Å². The van der Waals surface area contributed by atoms with E-state index >= 15 is 0 Å². The quantitative estimate of drug-likeness (QED) is 0.865. The van der Waals surface area contributed by atoms with Gasteiger partial charge in [0.05, 0.1) is 0 Å². The highest BCUT2D eigenvalue weighted by Gasteiger charge is 2.12. The minimum absolute atomic E-state index is 0.175. The van der Waals surface area contributed by atoms with Crippen molar-refractivity contribution in [2.45, 2.75) is 0 Å². The van der Waals surface area contributed by atoms with Gasteiger partial charge in [-0.1, -0.05) is 0 Å². The molecule has 0 atom stereocenters. The van der Waals surface area contributed by atoms with E-state index in [9.17, 15) is 9.18 Å². The molecule has 82 valence electrons. The summed E-state index contributed by atoms with van der Waals surface area (Å²) in [5, 5.41) is 10.4. The average molecular weight is 302 g/mol. The number of hydrogen-bond donors (Lipinski definition) is 1. The van der Waals surface area contributed by atoms with Crippen LogP contribution in [0.25, 0.3) is 11.1 Å². The van der Waals surface area contributed by atoms with Gasteiger partial charge in [-0.05, 0) is 39.0 Å². The maximum absolute atomic E-state index is 13.4. The SMILES string of the molecule is O=C(O)c1cc(-c2cc(Br)cnc2F)cs1. The van der Waals surface area contributed by atoms with E-state index < -0.39 is 11.9 Å². The van der Waals surface area contributed by atoms with Crippen LogP contribution in [0.3, 0.4) is 0 Å². The van der Waals surface area contributed by atoms with E-state index in [0.29, 0.717) is 10.0 Å². The predicted octanol–water partition coefficient (Wildman–Crippen LogP) is 3.41. The molecule has 0 amide bonds. The summed E-state index contributed by atoms with van der Waals surface area (Å²) >= 11 is 4.24. The highest BCUT2D eigenvalue weighted by atomic mass is 79.9. The number of carboxylic acids is 1. The van der Waals surface area contributed by atoms with Crippen LogP contribution in [-0.2, 0) is 0 Å². The Hall–Kier alpha value is -1.27. The molecular weight excluding hydrogens is 297 g/mol. The van der Waals surface area contributed by atoms with Crippen LogP contribution in [-0.4, -0.2) is 16.1 Å². The van der Waals surface area contributed by atoms with Crippen molar-refractivity contribution in [3.05, 3.63) is 39.0 Å². The van der Waals surface area contributed by atoms with E-state index in [1.54, 1.807) is 11.4 Å². The van der Waals surface area contributed by atoms with Crippen molar-refractivity contribution in [2.24, 2.45) is 0 Å². The van der Waals surface area contributed by atoms with Crippen molar-refractivity contribution >= 4 is 33.2 Å². The second-order valence-corrected chi connectivity index (χ2v) is 4.82. The molecular formula is C10H5BrFNO2S. The molecule has 16 heavy (non-hydrogen) atoms. The maximum Gasteiger partial charge on any atom is 0.345 e. The Balaban J connectivity index is 2.50. The summed E-state index contributed by atoms with van der Waals surface area (Å²) in [5.41, 5.74) is 0.812. The first-order valence-corrected chi connectivity index (χ1v) is 5.88. The van der Waals surface area contributed by atoms with E-state index in [1.165, 1.54) is 12.3 Å². The number of hydrogen-bond acceptors (Lipinski definition) is 3. The third-order valence-corrected chi connectivity index (χ3v) is 3.28. The highest BCUT2D eigenvalue weighted by Crippen LogP contribution is 2.28. The molecule has 0 fully saturated rings. The first kappa shape index (κ1) is 11.2. The lowest BCUT2D eigenvalue weighted by atomic mass is 10.1. The molecule has 2 aromatic heterocycles. The molecule has 2 rings (SSSR count). The molecule has 0 aliphatic carbocycles. The normalized spacial score (nSPS) is 10.4. The third-order valence-electron chi connectivity index (χ3n) is 1.93. The van der Waals surface area contributed by atoms with Crippen LogP contribution in [0.4, 0.5) is 4.39 Å². The van der Waals surface area contributed by atoms with Gasteiger partial charge in [-0.25, -0.2) is 9.78 Å². The molecule has 0 unspecified atom stereocenters. The van der Waals surface area contributed by atoms with Crippen LogP contribution < -0.4 is 0 Å². The summed E-state index contributed by atoms with van der Waals surface area (Å²) in [6.45, 7) is 0. The minimum atomic E-state index is -1.01. The molecule has 3 nitrogen and oxygen atoms in total. The third kappa shape index (κ3) is 2.12. The molecule has 0 saturated heterocycles. The molecule has 1 N–H and O–H groups in total. The maximum atomic E-state index is 13.4. The Morgan fingerprint density at radius 1 is 1.50 bits per heavy atom. The summed E-state index contributed by atoms with van der Waals surface area (Å²) in [7, 11) is 0. The Kier molecular flexibility index (Phi) is 3.02. The van der Waals surface area contributed by atoms with E-state index in [-0.39, 0.29) is 10.4 Å². The van der Waals surface area contributed by atoms with Gasteiger partial charge in [0.15, 0.2) is 0 Å². The van der Waals surface area contributed by atoms with Gasteiger partial charge in [-0.3, -0.25) is 0 Å². The standard InChI is InChI=1S/C10H5BrFNO2S/c11-6-2-7(9(12)13-3-6)5-1-8(10(14)15)16-4-5/h1-4H,(H,14,15). The Morgan fingerprint density at radius 3 is 2.88 bits per heavy atom. The van der Waals surface area contributed by atoms with Gasteiger partial charge in [0, 0.05) is 16.2 Å². The lowest BCUT2D eigenvalue weighted by Crippen LogP contribution is -1.91. The fourth-order valence-corrected chi connectivity index (χ4v) is 2.29. The van der Waals surface area contributed by atoms with Gasteiger partial charge in [0.25, 0.3) is 0 Å². The summed E-state index contributed by atoms with van der Waals surface area (Å²) < 4.78 is 14.0. The van der Waals surface area contributed by atoms with Crippen LogP contribution in [0.15, 0.2) is 28.2 Å². The average Bonchev–Trinajstić information content (AvgIpc) is 2.70. The van der Waals surface area contributed by atoms with E-state index in [4.69, 9.17) is 5.11 Å². The molecule has 0 aliphatic heterocycles. The van der Waals surface area contributed by atoms with E-state index in [0.717, 1.165) is 11.3 Å². The molecule has 0 bridgehead atoms. The predicted molar refractivity (Wildman–Crippen MR) is 62.2 cm³/mol. The second kappa shape index (κ2) is 4.31. The Bertz CT molecular complexity index is 556. The molecule has 2 heterocycles. The second-order valence-electron chi connectivity index (χ2n) is 3.00. The monoisotopic (exact) mass is 301 g/mol. The van der Waals surface area contributed by atoms with Crippen LogP contribution in [0.1, 0.15) is 9.67 Å². The fraction of sp³-hybridized carbons (Fsp3) is 0. The summed E-state index contributed by atoms with van der Waals surface area (Å²) in [4.78, 5) is 14.4. The number of carboxylic acid groups (broad SMARTS) is 1. The molecule has 0 radical (unpaired) electrons. The van der Waals surface area contributed by atoms with E-state index in [2.05, 4.69) is 20.9 Å². The van der Waals surface area contributed by atoms with Crippen molar-refractivity contribution in [1.82, 2.24) is 4.98 Å². The topological polar surface area (TPSA) is 50.2 Å². The smallest absolute Gasteiger partial charge is 0.345 e. The molecule has 2 aromatic rings. The van der Waals surface area contributed by atoms with Gasteiger partial charge in [0.2, 0.25) is 5.95 Å². The number of rotatable bonds is 2. The minimum Gasteiger partial charge on any atom is -0.477 e. The highest BCUT2D eigenvalue weighted by molar-refractivity contribution is 9.10. The van der Waals surface area contributed by atoms with Crippen molar-refractivity contribution in [1.29, 1.82) is 0 Å². The van der Waals surface area contributed by atoms with Crippen molar-refractivity contribution in [3.63, 3.8) is 0 Å². The number of pyridine rings is 1. The van der Waals surface area contributed by atoms with Crippen molar-refractivity contribution < 1.29 is 14.3 Å². The van der Waals surface area contributed by atoms with Crippen molar-refractivity contribution in [2.75, 3.05) is 0 Å². The van der Waals surface area contributed by atoms with Gasteiger partial charge < -0.3 is 5.11 Å². The first-order valence-electron chi connectivity index (χ1n) is 4.21. The molecule has 0 aromatic carbocycles. The number of thiophene rings is 1. The number of carbonyl (C=O) groups is 1. The number of aromatic nitrogens is 1. The van der Waals surface area contributed by atoms with Crippen LogP contribution in [0.5, 0.6) is 0 Å². The zero-order valence-corrected chi connectivity index (χ0v) is 10.2. The van der Waals surface area contributed by atoms with Gasteiger partial charge in [-0.2, -0.15) is 4.39 Å². The number of halogens is 2. The Labute approximate surface area is 103 Å².